The summed E-state index contributed by atoms with van der Waals surface area (Å²) in [5.74, 6) is -0.131. The Bertz CT molecular complexity index is 891. The van der Waals surface area contributed by atoms with Crippen molar-refractivity contribution in [2.45, 2.75) is 43.3 Å². The Hall–Kier alpha value is -2.13. The van der Waals surface area contributed by atoms with Crippen molar-refractivity contribution in [1.29, 1.82) is 0 Å². The van der Waals surface area contributed by atoms with Crippen LogP contribution in [0.5, 0.6) is 0 Å². The molecule has 1 saturated heterocycles. The number of benzene rings is 1. The number of halogens is 2. The number of hydrogen-bond acceptors (Lipinski definition) is 6. The first-order valence-corrected chi connectivity index (χ1v) is 11.0. The highest BCUT2D eigenvalue weighted by Crippen LogP contribution is 2.26. The maximum atomic E-state index is 12.9. The Morgan fingerprint density at radius 2 is 2.13 bits per heavy atom. The second-order valence-electron chi connectivity index (χ2n) is 7.89. The fraction of sp³-hybridized carbons (Fsp3) is 0.476. The third-order valence-corrected chi connectivity index (χ3v) is 5.64. The molecule has 0 bridgehead atoms. The molecular formula is C21H26Cl2N4O4. The molecule has 1 aliphatic rings. The number of aliphatic hydroxyl groups excluding tert-OH is 1. The highest BCUT2D eigenvalue weighted by atomic mass is 35.5. The summed E-state index contributed by atoms with van der Waals surface area (Å²) in [5, 5.41) is 19.4. The number of alkyl halides is 2. The van der Waals surface area contributed by atoms with Gasteiger partial charge in [0.05, 0.1) is 18.3 Å². The highest BCUT2D eigenvalue weighted by molar-refractivity contribution is 6.54. The smallest absolute Gasteiger partial charge is 0.260 e. The largest absolute Gasteiger partial charge is 0.392 e. The zero-order valence-corrected chi connectivity index (χ0v) is 18.8. The van der Waals surface area contributed by atoms with E-state index in [9.17, 15) is 14.7 Å². The van der Waals surface area contributed by atoms with Crippen molar-refractivity contribution in [2.75, 3.05) is 18.0 Å². The van der Waals surface area contributed by atoms with Gasteiger partial charge >= 0.3 is 0 Å². The molecule has 8 nitrogen and oxygen atoms in total. The summed E-state index contributed by atoms with van der Waals surface area (Å²) >= 11 is 11.8. The molecular weight excluding hydrogens is 443 g/mol. The van der Waals surface area contributed by atoms with E-state index in [2.05, 4.69) is 15.8 Å². The SMILES string of the molecule is CC(C)[C@@H](CN(C(=O)C(Cl)Cl)c1cccc(-c2ccno2)c1)NC(=O)C1CC(O)CN1. The Balaban J connectivity index is 1.83. The Kier molecular flexibility index (Phi) is 7.94. The van der Waals surface area contributed by atoms with E-state index in [4.69, 9.17) is 27.7 Å². The molecule has 10 heteroatoms. The standard InChI is InChI=1S/C21H26Cl2N4O4/c1-12(2)17(26-20(29)16-9-15(28)10-24-16)11-27(21(30)19(22)23)14-5-3-4-13(8-14)18-6-7-25-31-18/h3-8,12,15-17,19,24,28H,9-11H2,1-2H3,(H,26,29)/t15?,16?,17-/m1/s1. The lowest BCUT2D eigenvalue weighted by Crippen LogP contribution is -2.53. The summed E-state index contributed by atoms with van der Waals surface area (Å²) in [6.45, 7) is 4.46. The van der Waals surface area contributed by atoms with Crippen LogP contribution in [0.4, 0.5) is 5.69 Å². The summed E-state index contributed by atoms with van der Waals surface area (Å²) in [6, 6.07) is 8.06. The lowest BCUT2D eigenvalue weighted by molar-refractivity contribution is -0.124. The average molecular weight is 469 g/mol. The summed E-state index contributed by atoms with van der Waals surface area (Å²) in [4.78, 5) is 25.7. The van der Waals surface area contributed by atoms with Crippen molar-refractivity contribution >= 4 is 40.7 Å². The van der Waals surface area contributed by atoms with Crippen molar-refractivity contribution in [1.82, 2.24) is 15.8 Å². The molecule has 31 heavy (non-hydrogen) atoms. The van der Waals surface area contributed by atoms with Gasteiger partial charge in [-0.3, -0.25) is 9.59 Å². The molecule has 1 fully saturated rings. The maximum absolute atomic E-state index is 12.9. The van der Waals surface area contributed by atoms with Gasteiger partial charge in [-0.1, -0.05) is 54.3 Å². The van der Waals surface area contributed by atoms with Gasteiger partial charge in [0.15, 0.2) is 10.6 Å². The summed E-state index contributed by atoms with van der Waals surface area (Å²) < 4.78 is 5.21. The van der Waals surface area contributed by atoms with Gasteiger partial charge in [-0.05, 0) is 24.5 Å². The van der Waals surface area contributed by atoms with E-state index < -0.39 is 22.9 Å². The number of nitrogens with one attached hydrogen (secondary N) is 2. The minimum Gasteiger partial charge on any atom is -0.392 e. The van der Waals surface area contributed by atoms with Crippen LogP contribution in [-0.4, -0.2) is 58.2 Å². The van der Waals surface area contributed by atoms with E-state index in [0.29, 0.717) is 24.4 Å². The lowest BCUT2D eigenvalue weighted by atomic mass is 10.0. The first-order valence-electron chi connectivity index (χ1n) is 10.1. The molecule has 0 aliphatic carbocycles. The van der Waals surface area contributed by atoms with E-state index in [-0.39, 0.29) is 24.4 Å². The second kappa shape index (κ2) is 10.5. The predicted molar refractivity (Wildman–Crippen MR) is 119 cm³/mol. The van der Waals surface area contributed by atoms with E-state index in [1.165, 1.54) is 11.1 Å². The van der Waals surface area contributed by atoms with Crippen LogP contribution in [0.15, 0.2) is 41.1 Å². The topological polar surface area (TPSA) is 108 Å². The van der Waals surface area contributed by atoms with E-state index in [1.807, 2.05) is 19.9 Å². The molecule has 168 valence electrons. The van der Waals surface area contributed by atoms with Crippen molar-refractivity contribution in [3.8, 4) is 11.3 Å². The molecule has 0 saturated carbocycles. The van der Waals surface area contributed by atoms with Gasteiger partial charge < -0.3 is 25.2 Å². The van der Waals surface area contributed by atoms with Crippen molar-refractivity contribution in [3.63, 3.8) is 0 Å². The fourth-order valence-electron chi connectivity index (χ4n) is 3.45. The lowest BCUT2D eigenvalue weighted by Gasteiger charge is -2.31. The predicted octanol–water partition coefficient (Wildman–Crippen LogP) is 2.34. The van der Waals surface area contributed by atoms with Gasteiger partial charge in [0.1, 0.15) is 0 Å². The molecule has 2 unspecified atom stereocenters. The number of anilines is 1. The van der Waals surface area contributed by atoms with Gasteiger partial charge in [-0.25, -0.2) is 0 Å². The number of carbonyl (C=O) groups excluding carboxylic acids is 2. The number of aliphatic hydroxyl groups is 1. The highest BCUT2D eigenvalue weighted by Gasteiger charge is 2.32. The van der Waals surface area contributed by atoms with Crippen molar-refractivity contribution < 1.29 is 19.2 Å². The third-order valence-electron chi connectivity index (χ3n) is 5.27. The minimum atomic E-state index is -1.26. The zero-order valence-electron chi connectivity index (χ0n) is 17.3. The summed E-state index contributed by atoms with van der Waals surface area (Å²) in [5.41, 5.74) is 1.31. The number of amides is 2. The van der Waals surface area contributed by atoms with Crippen molar-refractivity contribution in [3.05, 3.63) is 36.5 Å². The average Bonchev–Trinajstić information content (AvgIpc) is 3.42. The van der Waals surface area contributed by atoms with Crippen LogP contribution in [0, 0.1) is 5.92 Å². The van der Waals surface area contributed by atoms with Crippen LogP contribution < -0.4 is 15.5 Å². The fourth-order valence-corrected chi connectivity index (χ4v) is 3.69. The Morgan fingerprint density at radius 3 is 2.71 bits per heavy atom. The number of rotatable bonds is 8. The van der Waals surface area contributed by atoms with Crippen molar-refractivity contribution in [2.24, 2.45) is 5.92 Å². The van der Waals surface area contributed by atoms with Crippen LogP contribution in [0.3, 0.4) is 0 Å². The minimum absolute atomic E-state index is 0.0205. The molecule has 0 spiro atoms. The number of hydrogen-bond donors (Lipinski definition) is 3. The molecule has 3 atom stereocenters. The van der Waals surface area contributed by atoms with E-state index >= 15 is 0 Å². The first kappa shape index (κ1) is 23.5. The molecule has 2 aromatic rings. The van der Waals surface area contributed by atoms with Crippen LogP contribution in [-0.2, 0) is 9.59 Å². The van der Waals surface area contributed by atoms with Crippen LogP contribution >= 0.6 is 23.2 Å². The monoisotopic (exact) mass is 468 g/mol. The molecule has 3 rings (SSSR count). The van der Waals surface area contributed by atoms with Gasteiger partial charge in [0.2, 0.25) is 5.91 Å². The zero-order chi connectivity index (χ0) is 22.5. The second-order valence-corrected chi connectivity index (χ2v) is 8.98. The van der Waals surface area contributed by atoms with Crippen LogP contribution in [0.2, 0.25) is 0 Å². The molecule has 2 heterocycles. The van der Waals surface area contributed by atoms with Crippen LogP contribution in [0.1, 0.15) is 20.3 Å². The van der Waals surface area contributed by atoms with Gasteiger partial charge in [0, 0.05) is 36.4 Å². The number of β-amino-alcohol motifs (C(OH)–C–C–N with tert-alkyl or cyclic N) is 1. The van der Waals surface area contributed by atoms with Gasteiger partial charge in [-0.15, -0.1) is 0 Å². The van der Waals surface area contributed by atoms with E-state index in [0.717, 1.165) is 5.56 Å². The summed E-state index contributed by atoms with van der Waals surface area (Å²) in [6.07, 6.45) is 1.35. The van der Waals surface area contributed by atoms with E-state index in [1.54, 1.807) is 24.3 Å². The van der Waals surface area contributed by atoms with Gasteiger partial charge in [-0.2, -0.15) is 0 Å². The third kappa shape index (κ3) is 5.98. The Labute approximate surface area is 190 Å². The molecule has 1 aromatic heterocycles. The molecule has 2 amide bonds. The number of nitrogens with zero attached hydrogens (tertiary/aromatic N) is 2. The normalized spacial score (nSPS) is 19.6. The maximum Gasteiger partial charge on any atom is 0.260 e. The molecule has 1 aromatic carbocycles. The summed E-state index contributed by atoms with van der Waals surface area (Å²) in [7, 11) is 0. The van der Waals surface area contributed by atoms with Crippen LogP contribution in [0.25, 0.3) is 11.3 Å². The molecule has 1 aliphatic heterocycles. The molecule has 0 radical (unpaired) electrons. The molecule has 3 N–H and O–H groups in total. The quantitative estimate of drug-likeness (QED) is 0.513. The Morgan fingerprint density at radius 1 is 1.35 bits per heavy atom. The van der Waals surface area contributed by atoms with Gasteiger partial charge in [0.25, 0.3) is 5.91 Å². The first-order chi connectivity index (χ1) is 14.8. The number of carbonyl (C=O) groups is 2. The number of aromatic nitrogens is 1.